The maximum Gasteiger partial charge on any atom is 0.264 e. The fourth-order valence-corrected chi connectivity index (χ4v) is 9.92. The van der Waals surface area contributed by atoms with Crippen molar-refractivity contribution in [2.24, 2.45) is 23.7 Å². The Morgan fingerprint density at radius 2 is 1.96 bits per heavy atom. The van der Waals surface area contributed by atoms with Crippen LogP contribution in [-0.4, -0.2) is 63.2 Å². The van der Waals surface area contributed by atoms with E-state index in [0.29, 0.717) is 38.3 Å². The van der Waals surface area contributed by atoms with Crippen LogP contribution < -0.4 is 14.4 Å². The van der Waals surface area contributed by atoms with Crippen LogP contribution in [-0.2, 0) is 26.6 Å². The number of hydrogen-bond acceptors (Lipinski definition) is 7. The molecule has 2 N–H and O–H groups in total. The average molecular weight is 699 g/mol. The van der Waals surface area contributed by atoms with Crippen LogP contribution in [0.5, 0.6) is 5.75 Å². The molecule has 2 bridgehead atoms. The number of nitrogens with one attached hydrogen (secondary N) is 1. The van der Waals surface area contributed by atoms with Crippen molar-refractivity contribution in [1.29, 1.82) is 0 Å². The van der Waals surface area contributed by atoms with Crippen LogP contribution in [0, 0.1) is 23.7 Å². The fraction of sp³-hybridized carbons (Fsp3) is 0.605. The van der Waals surface area contributed by atoms with Crippen LogP contribution in [0.2, 0.25) is 5.02 Å². The van der Waals surface area contributed by atoms with E-state index < -0.39 is 32.9 Å². The molecule has 2 aromatic rings. The van der Waals surface area contributed by atoms with Crippen LogP contribution in [0.3, 0.4) is 0 Å². The molecule has 2 heterocycles. The number of aliphatic hydroxyl groups excluding tert-OH is 1. The van der Waals surface area contributed by atoms with E-state index in [1.165, 1.54) is 11.1 Å². The number of benzene rings is 2. The van der Waals surface area contributed by atoms with Crippen molar-refractivity contribution in [2.75, 3.05) is 31.7 Å². The first-order valence-corrected chi connectivity index (χ1v) is 19.5. The minimum absolute atomic E-state index is 0.0600. The molecule has 4 aliphatic rings. The highest BCUT2D eigenvalue weighted by molar-refractivity contribution is 7.90. The third-order valence-electron chi connectivity index (χ3n) is 11.9. The van der Waals surface area contributed by atoms with Crippen LogP contribution in [0.15, 0.2) is 48.6 Å². The molecule has 1 spiro atoms. The summed E-state index contributed by atoms with van der Waals surface area (Å²) in [7, 11) is -2.24. The number of halogens is 1. The van der Waals surface area contributed by atoms with Crippen molar-refractivity contribution in [3.05, 3.63) is 70.3 Å². The number of carbonyl (C=O) groups is 1. The molecule has 0 aromatic heterocycles. The van der Waals surface area contributed by atoms with Gasteiger partial charge in [-0.25, -0.2) is 13.1 Å². The minimum Gasteiger partial charge on any atom is -0.490 e. The molecule has 6 rings (SSSR count). The number of aliphatic hydroxyl groups is 1. The average Bonchev–Trinajstić information content (AvgIpc) is 3.18. The monoisotopic (exact) mass is 698 g/mol. The molecule has 10 heteroatoms. The van der Waals surface area contributed by atoms with Gasteiger partial charge in [-0.2, -0.15) is 0 Å². The fourth-order valence-electron chi connectivity index (χ4n) is 8.44. The number of sulfonamides is 1. The number of amides is 1. The lowest BCUT2D eigenvalue weighted by Crippen LogP contribution is -2.54. The van der Waals surface area contributed by atoms with Gasteiger partial charge in [-0.15, -0.1) is 0 Å². The molecule has 0 unspecified atom stereocenters. The molecule has 48 heavy (non-hydrogen) atoms. The molecule has 1 amide bonds. The standard InChI is InChI=1S/C38H51ClN2O6S/c1-24(2)34(42)20-38(46-5)17-6-8-25(3)26(4)48(44,45)40-36(43)28-11-15-35-33(19-28)41(21-29-10-13-32(29)38)22-37(23-47-35)16-7-9-27-18-30(39)12-14-31(27)37/h6,11-12,14-15,17-19,24-26,29,32,34,42H,7-10,13,16,20-23H2,1-5H3,(H,40,43)/b17-6+/t25-,26+,29-,32+,34-,37-,38-/m0/s1. The zero-order valence-electron chi connectivity index (χ0n) is 28.9. The number of allylic oxidation sites excluding steroid dienone is 1. The van der Waals surface area contributed by atoms with Gasteiger partial charge in [0.05, 0.1) is 29.2 Å². The Labute approximate surface area is 291 Å². The lowest BCUT2D eigenvalue weighted by atomic mass is 9.62. The Hall–Kier alpha value is -2.59. The van der Waals surface area contributed by atoms with Crippen LogP contribution in [0.1, 0.15) is 87.7 Å². The number of nitrogens with zero attached hydrogens (tertiary/aromatic N) is 1. The predicted molar refractivity (Wildman–Crippen MR) is 190 cm³/mol. The van der Waals surface area contributed by atoms with Gasteiger partial charge in [0.2, 0.25) is 10.0 Å². The number of anilines is 1. The van der Waals surface area contributed by atoms with E-state index in [1.54, 1.807) is 26.2 Å². The predicted octanol–water partition coefficient (Wildman–Crippen LogP) is 6.68. The van der Waals surface area contributed by atoms with Gasteiger partial charge in [-0.1, -0.05) is 50.6 Å². The molecule has 8 nitrogen and oxygen atoms in total. The third-order valence-corrected chi connectivity index (χ3v) is 14.1. The van der Waals surface area contributed by atoms with E-state index in [2.05, 4.69) is 27.8 Å². The SMILES string of the molecule is CO[C@]1(C[C@H](O)C(C)C)/C=C/C[C@H](C)[C@@H](C)S(=O)(=O)NC(=O)c2ccc3c(c2)N(C[C@@H]2CC[C@H]21)C[C@@]1(CCCc2cc(Cl)ccc21)CO3. The highest BCUT2D eigenvalue weighted by Crippen LogP contribution is 2.50. The van der Waals surface area contributed by atoms with E-state index in [0.717, 1.165) is 42.8 Å². The molecule has 2 aromatic carbocycles. The summed E-state index contributed by atoms with van der Waals surface area (Å²) in [5.41, 5.74) is 2.57. The highest BCUT2D eigenvalue weighted by Gasteiger charge is 2.50. The van der Waals surface area contributed by atoms with E-state index in [1.807, 2.05) is 39.0 Å². The number of methoxy groups -OCH3 is 1. The van der Waals surface area contributed by atoms with Gasteiger partial charge in [-0.05, 0) is 111 Å². The lowest BCUT2D eigenvalue weighted by molar-refractivity contribution is -0.103. The van der Waals surface area contributed by atoms with Crippen LogP contribution in [0.4, 0.5) is 5.69 Å². The molecular formula is C38H51ClN2O6S. The first kappa shape index (κ1) is 35.2. The Kier molecular flexibility index (Phi) is 9.99. The topological polar surface area (TPSA) is 105 Å². The molecule has 1 saturated carbocycles. The van der Waals surface area contributed by atoms with E-state index in [4.69, 9.17) is 21.1 Å². The summed E-state index contributed by atoms with van der Waals surface area (Å²) >= 11 is 6.45. The Balaban J connectivity index is 1.46. The largest absolute Gasteiger partial charge is 0.490 e. The van der Waals surface area contributed by atoms with Crippen LogP contribution in [0.25, 0.3) is 0 Å². The number of hydrogen-bond donors (Lipinski definition) is 2. The molecule has 0 saturated heterocycles. The molecule has 1 fully saturated rings. The van der Waals surface area contributed by atoms with Gasteiger partial charge >= 0.3 is 0 Å². The molecule has 262 valence electrons. The van der Waals surface area contributed by atoms with Crippen LogP contribution >= 0.6 is 11.6 Å². The Bertz CT molecular complexity index is 1660. The lowest BCUT2D eigenvalue weighted by Gasteiger charge is -2.51. The minimum atomic E-state index is -3.97. The molecule has 0 radical (unpaired) electrons. The van der Waals surface area contributed by atoms with Gasteiger partial charge in [0.25, 0.3) is 5.91 Å². The van der Waals surface area contributed by atoms with Gasteiger partial charge in [0.15, 0.2) is 0 Å². The second kappa shape index (κ2) is 13.6. The van der Waals surface area contributed by atoms with Gasteiger partial charge < -0.3 is 19.5 Å². The van der Waals surface area contributed by atoms with Crippen molar-refractivity contribution in [3.8, 4) is 5.75 Å². The van der Waals surface area contributed by atoms with Crippen molar-refractivity contribution in [2.45, 2.75) is 95.0 Å². The number of ether oxygens (including phenoxy) is 2. The van der Waals surface area contributed by atoms with E-state index in [9.17, 15) is 18.3 Å². The summed E-state index contributed by atoms with van der Waals surface area (Å²) in [5, 5.41) is 11.1. The maximum absolute atomic E-state index is 13.5. The molecule has 2 aliphatic heterocycles. The van der Waals surface area contributed by atoms with E-state index >= 15 is 0 Å². The summed E-state index contributed by atoms with van der Waals surface area (Å²) in [6.07, 6.45) is 9.41. The third kappa shape index (κ3) is 6.64. The molecule has 2 aliphatic carbocycles. The van der Waals surface area contributed by atoms with Gasteiger partial charge in [0, 0.05) is 42.6 Å². The number of aryl methyl sites for hydroxylation is 1. The molecule has 7 atom stereocenters. The summed E-state index contributed by atoms with van der Waals surface area (Å²) in [6.45, 7) is 9.45. The van der Waals surface area contributed by atoms with Crippen molar-refractivity contribution in [3.63, 3.8) is 0 Å². The summed E-state index contributed by atoms with van der Waals surface area (Å²) < 4.78 is 42.3. The summed E-state index contributed by atoms with van der Waals surface area (Å²) in [4.78, 5) is 15.9. The highest BCUT2D eigenvalue weighted by atomic mass is 35.5. The molecular weight excluding hydrogens is 648 g/mol. The normalized spacial score (nSPS) is 33.0. The maximum atomic E-state index is 13.5. The second-order valence-electron chi connectivity index (χ2n) is 15.2. The smallest absolute Gasteiger partial charge is 0.264 e. The Morgan fingerprint density at radius 1 is 1.17 bits per heavy atom. The summed E-state index contributed by atoms with van der Waals surface area (Å²) in [5.74, 6) is 0.237. The second-order valence-corrected chi connectivity index (χ2v) is 17.7. The first-order valence-electron chi connectivity index (χ1n) is 17.5. The van der Waals surface area contributed by atoms with Crippen molar-refractivity contribution < 1.29 is 27.8 Å². The van der Waals surface area contributed by atoms with E-state index in [-0.39, 0.29) is 34.7 Å². The number of rotatable bonds is 4. The van der Waals surface area contributed by atoms with Gasteiger partial charge in [-0.3, -0.25) is 4.79 Å². The number of carbonyl (C=O) groups excluding carboxylic acids is 1. The van der Waals surface area contributed by atoms with Crippen molar-refractivity contribution in [1.82, 2.24) is 4.72 Å². The Morgan fingerprint density at radius 3 is 2.67 bits per heavy atom. The first-order chi connectivity index (χ1) is 22.8. The van der Waals surface area contributed by atoms with Gasteiger partial charge in [0.1, 0.15) is 5.75 Å². The quantitative estimate of drug-likeness (QED) is 0.344. The zero-order valence-corrected chi connectivity index (χ0v) is 30.4. The summed E-state index contributed by atoms with van der Waals surface area (Å²) in [6, 6.07) is 11.5. The zero-order chi connectivity index (χ0) is 34.4. The number of fused-ring (bicyclic) bond motifs is 4. The van der Waals surface area contributed by atoms with Crippen molar-refractivity contribution >= 4 is 33.2 Å².